The first-order valence-corrected chi connectivity index (χ1v) is 7.35. The van der Waals surface area contributed by atoms with Crippen LogP contribution < -0.4 is 0 Å². The number of amides is 1. The van der Waals surface area contributed by atoms with Crippen LogP contribution in [0.3, 0.4) is 0 Å². The Bertz CT molecular complexity index is 540. The Morgan fingerprint density at radius 1 is 1.24 bits per heavy atom. The van der Waals surface area contributed by atoms with Crippen LogP contribution in [0.1, 0.15) is 22.3 Å². The van der Waals surface area contributed by atoms with Crippen molar-refractivity contribution in [3.63, 3.8) is 0 Å². The van der Waals surface area contributed by atoms with Crippen molar-refractivity contribution in [1.82, 2.24) is 9.80 Å². The summed E-state index contributed by atoms with van der Waals surface area (Å²) in [5.41, 5.74) is 1.54. The van der Waals surface area contributed by atoms with Crippen molar-refractivity contribution < 1.29 is 14.7 Å². The highest BCUT2D eigenvalue weighted by atomic mass is 35.5. The van der Waals surface area contributed by atoms with Crippen LogP contribution in [0.4, 0.5) is 0 Å². The van der Waals surface area contributed by atoms with E-state index in [4.69, 9.17) is 16.7 Å². The molecule has 2 rings (SSSR count). The lowest BCUT2D eigenvalue weighted by Crippen LogP contribution is -2.49. The van der Waals surface area contributed by atoms with Crippen LogP contribution in [0.25, 0.3) is 0 Å². The lowest BCUT2D eigenvalue weighted by atomic mass is 10.1. The number of aliphatic carboxylic acids is 1. The van der Waals surface area contributed by atoms with Gasteiger partial charge in [-0.25, -0.2) is 0 Å². The second-order valence-corrected chi connectivity index (χ2v) is 5.65. The topological polar surface area (TPSA) is 60.9 Å². The molecule has 6 heteroatoms. The standard InChI is InChI=1S/C15H19ClN2O3/c1-11-10-12(2-3-13(11)16)15(21)18-8-6-17(7-9-18)5-4-14(19)20/h2-3,10H,4-9H2,1H3,(H,19,20). The molecule has 1 saturated heterocycles. The smallest absolute Gasteiger partial charge is 0.304 e. The Balaban J connectivity index is 1.90. The van der Waals surface area contributed by atoms with Crippen molar-refractivity contribution in [3.8, 4) is 0 Å². The van der Waals surface area contributed by atoms with Crippen LogP contribution in [0.15, 0.2) is 18.2 Å². The van der Waals surface area contributed by atoms with Gasteiger partial charge in [0, 0.05) is 43.3 Å². The number of rotatable bonds is 4. The second kappa shape index (κ2) is 6.91. The Morgan fingerprint density at radius 3 is 2.48 bits per heavy atom. The highest BCUT2D eigenvalue weighted by Crippen LogP contribution is 2.18. The Kier molecular flexibility index (Phi) is 5.20. The van der Waals surface area contributed by atoms with Crippen LogP contribution in [0.5, 0.6) is 0 Å². The van der Waals surface area contributed by atoms with Gasteiger partial charge in [-0.15, -0.1) is 0 Å². The summed E-state index contributed by atoms with van der Waals surface area (Å²) in [5.74, 6) is -0.780. The number of hydrogen-bond donors (Lipinski definition) is 1. The van der Waals surface area contributed by atoms with Gasteiger partial charge in [0.05, 0.1) is 6.42 Å². The average molecular weight is 311 g/mol. The Hall–Kier alpha value is -1.59. The lowest BCUT2D eigenvalue weighted by Gasteiger charge is -2.34. The van der Waals surface area contributed by atoms with Crippen molar-refractivity contribution >= 4 is 23.5 Å². The van der Waals surface area contributed by atoms with E-state index in [1.165, 1.54) is 0 Å². The van der Waals surface area contributed by atoms with E-state index in [1.54, 1.807) is 17.0 Å². The molecule has 1 amide bonds. The van der Waals surface area contributed by atoms with Crippen LogP contribution in [0, 0.1) is 6.92 Å². The summed E-state index contributed by atoms with van der Waals surface area (Å²) in [6.45, 7) is 5.10. The molecule has 1 aliphatic rings. The number of aryl methyl sites for hydroxylation is 1. The van der Waals surface area contributed by atoms with E-state index < -0.39 is 5.97 Å². The normalized spacial score (nSPS) is 16.0. The molecule has 1 aromatic carbocycles. The molecule has 0 unspecified atom stereocenters. The molecule has 1 aromatic rings. The monoisotopic (exact) mass is 310 g/mol. The van der Waals surface area contributed by atoms with Crippen molar-refractivity contribution in [1.29, 1.82) is 0 Å². The van der Waals surface area contributed by atoms with E-state index in [9.17, 15) is 9.59 Å². The summed E-state index contributed by atoms with van der Waals surface area (Å²) < 4.78 is 0. The van der Waals surface area contributed by atoms with E-state index >= 15 is 0 Å². The van der Waals surface area contributed by atoms with Crippen molar-refractivity contribution in [2.75, 3.05) is 32.7 Å². The predicted molar refractivity (Wildman–Crippen MR) is 80.8 cm³/mol. The van der Waals surface area contributed by atoms with E-state index in [2.05, 4.69) is 4.90 Å². The fourth-order valence-corrected chi connectivity index (χ4v) is 2.51. The van der Waals surface area contributed by atoms with Crippen molar-refractivity contribution in [2.24, 2.45) is 0 Å². The van der Waals surface area contributed by atoms with Gasteiger partial charge in [0.1, 0.15) is 0 Å². The zero-order valence-electron chi connectivity index (χ0n) is 12.0. The number of hydrogen-bond acceptors (Lipinski definition) is 3. The van der Waals surface area contributed by atoms with Gasteiger partial charge in [0.25, 0.3) is 5.91 Å². The number of piperazine rings is 1. The summed E-state index contributed by atoms with van der Waals surface area (Å²) in [7, 11) is 0. The minimum atomic E-state index is -0.787. The Labute approximate surface area is 129 Å². The SMILES string of the molecule is Cc1cc(C(=O)N2CCN(CCC(=O)O)CC2)ccc1Cl. The molecule has 0 spiro atoms. The molecule has 0 saturated carbocycles. The summed E-state index contributed by atoms with van der Waals surface area (Å²) >= 11 is 5.97. The van der Waals surface area contributed by atoms with Gasteiger partial charge in [0.2, 0.25) is 0 Å². The second-order valence-electron chi connectivity index (χ2n) is 5.24. The maximum Gasteiger partial charge on any atom is 0.304 e. The quantitative estimate of drug-likeness (QED) is 0.922. The van der Waals surface area contributed by atoms with Gasteiger partial charge in [-0.3, -0.25) is 14.5 Å². The first kappa shape index (κ1) is 15.8. The molecule has 0 atom stereocenters. The van der Waals surface area contributed by atoms with Crippen LogP contribution in [-0.2, 0) is 4.79 Å². The molecular formula is C15H19ClN2O3. The first-order valence-electron chi connectivity index (χ1n) is 6.97. The zero-order chi connectivity index (χ0) is 15.4. The van der Waals surface area contributed by atoms with Crippen molar-refractivity contribution in [3.05, 3.63) is 34.3 Å². The largest absolute Gasteiger partial charge is 0.481 e. The van der Waals surface area contributed by atoms with Gasteiger partial charge >= 0.3 is 5.97 Å². The Morgan fingerprint density at radius 2 is 1.90 bits per heavy atom. The van der Waals surface area contributed by atoms with E-state index in [1.807, 2.05) is 13.0 Å². The summed E-state index contributed by atoms with van der Waals surface area (Å²) in [5, 5.41) is 9.34. The number of carboxylic acids is 1. The fourth-order valence-electron chi connectivity index (χ4n) is 2.39. The van der Waals surface area contributed by atoms with Gasteiger partial charge in [-0.1, -0.05) is 11.6 Å². The van der Waals surface area contributed by atoms with E-state index in [-0.39, 0.29) is 12.3 Å². The third kappa shape index (κ3) is 4.19. The molecule has 1 fully saturated rings. The number of nitrogens with zero attached hydrogens (tertiary/aromatic N) is 2. The molecule has 1 N–H and O–H groups in total. The number of carbonyl (C=O) groups is 2. The van der Waals surface area contributed by atoms with Gasteiger partial charge in [0.15, 0.2) is 0 Å². The molecule has 1 aliphatic heterocycles. The van der Waals surface area contributed by atoms with Crippen LogP contribution in [0.2, 0.25) is 5.02 Å². The number of benzene rings is 1. The predicted octanol–water partition coefficient (Wildman–Crippen LogP) is 1.88. The first-order chi connectivity index (χ1) is 9.97. The van der Waals surface area contributed by atoms with E-state index in [0.29, 0.717) is 43.3 Å². The third-order valence-corrected chi connectivity index (χ3v) is 4.13. The molecular weight excluding hydrogens is 292 g/mol. The fraction of sp³-hybridized carbons (Fsp3) is 0.467. The molecule has 0 aromatic heterocycles. The van der Waals surface area contributed by atoms with Crippen LogP contribution in [-0.4, -0.2) is 59.5 Å². The molecule has 114 valence electrons. The number of carbonyl (C=O) groups excluding carboxylic acids is 1. The lowest BCUT2D eigenvalue weighted by molar-refractivity contribution is -0.137. The zero-order valence-corrected chi connectivity index (χ0v) is 12.8. The molecule has 1 heterocycles. The van der Waals surface area contributed by atoms with Gasteiger partial charge in [-0.05, 0) is 30.7 Å². The average Bonchev–Trinajstić information content (AvgIpc) is 2.48. The molecule has 0 bridgehead atoms. The summed E-state index contributed by atoms with van der Waals surface area (Å²) in [6, 6.07) is 5.29. The molecule has 5 nitrogen and oxygen atoms in total. The summed E-state index contributed by atoms with van der Waals surface area (Å²) in [4.78, 5) is 26.8. The van der Waals surface area contributed by atoms with E-state index in [0.717, 1.165) is 5.56 Å². The van der Waals surface area contributed by atoms with Crippen molar-refractivity contribution in [2.45, 2.75) is 13.3 Å². The number of halogens is 1. The molecule has 0 radical (unpaired) electrons. The van der Waals surface area contributed by atoms with Gasteiger partial charge in [-0.2, -0.15) is 0 Å². The number of carboxylic acid groups (broad SMARTS) is 1. The minimum Gasteiger partial charge on any atom is -0.481 e. The maximum atomic E-state index is 12.4. The third-order valence-electron chi connectivity index (χ3n) is 3.71. The molecule has 21 heavy (non-hydrogen) atoms. The van der Waals surface area contributed by atoms with Gasteiger partial charge < -0.3 is 10.0 Å². The highest BCUT2D eigenvalue weighted by molar-refractivity contribution is 6.31. The molecule has 0 aliphatic carbocycles. The highest BCUT2D eigenvalue weighted by Gasteiger charge is 2.22. The minimum absolute atomic E-state index is 0.00708. The van der Waals surface area contributed by atoms with Crippen LogP contribution >= 0.6 is 11.6 Å². The summed E-state index contributed by atoms with van der Waals surface area (Å²) in [6.07, 6.45) is 0.143. The maximum absolute atomic E-state index is 12.4.